The fourth-order valence-electron chi connectivity index (χ4n) is 2.34. The van der Waals surface area contributed by atoms with Crippen molar-refractivity contribution in [1.29, 1.82) is 0 Å². The minimum atomic E-state index is -0.404. The molecule has 0 unspecified atom stereocenters. The van der Waals surface area contributed by atoms with Crippen LogP contribution in [0, 0.1) is 5.82 Å². The lowest BCUT2D eigenvalue weighted by Gasteiger charge is -2.22. The van der Waals surface area contributed by atoms with Crippen molar-refractivity contribution in [3.8, 4) is 0 Å². The summed E-state index contributed by atoms with van der Waals surface area (Å²) in [5.74, 6) is -0.495. The van der Waals surface area contributed by atoms with Crippen LogP contribution in [0.5, 0.6) is 0 Å². The van der Waals surface area contributed by atoms with Gasteiger partial charge in [0.25, 0.3) is 5.91 Å². The third-order valence-corrected chi connectivity index (χ3v) is 4.33. The van der Waals surface area contributed by atoms with Crippen molar-refractivity contribution >= 4 is 44.9 Å². The number of rotatable bonds is 6. The van der Waals surface area contributed by atoms with Crippen molar-refractivity contribution in [3.05, 3.63) is 81.9 Å². The largest absolute Gasteiger partial charge is 0.367 e. The van der Waals surface area contributed by atoms with E-state index in [1.807, 2.05) is 24.3 Å². The molecule has 27 heavy (non-hydrogen) atoms. The zero-order chi connectivity index (χ0) is 19.2. The van der Waals surface area contributed by atoms with Crippen molar-refractivity contribution in [2.24, 2.45) is 0 Å². The Hall–Kier alpha value is -2.35. The Morgan fingerprint density at radius 1 is 1.11 bits per heavy atom. The van der Waals surface area contributed by atoms with Gasteiger partial charge in [0.2, 0.25) is 0 Å². The van der Waals surface area contributed by atoms with Crippen molar-refractivity contribution in [1.82, 2.24) is 9.97 Å². The first kappa shape index (κ1) is 19.4. The lowest BCUT2D eigenvalue weighted by Crippen LogP contribution is -2.30. The van der Waals surface area contributed by atoms with Crippen LogP contribution < -0.4 is 4.90 Å². The van der Waals surface area contributed by atoms with Gasteiger partial charge in [-0.25, -0.2) is 14.4 Å². The number of halogens is 3. The first-order chi connectivity index (χ1) is 13.0. The summed E-state index contributed by atoms with van der Waals surface area (Å²) in [5, 5.41) is 0.190. The highest BCUT2D eigenvalue weighted by atomic mass is 79.9. The first-order valence-electron chi connectivity index (χ1n) is 7.91. The van der Waals surface area contributed by atoms with Gasteiger partial charge in [-0.05, 0) is 42.0 Å². The number of aromatic nitrogens is 2. The molecule has 0 atom stereocenters. The Morgan fingerprint density at radius 2 is 1.81 bits per heavy atom. The second kappa shape index (κ2) is 9.03. The summed E-state index contributed by atoms with van der Waals surface area (Å²) in [6.07, 6.45) is 1.25. The molecule has 0 spiro atoms. The minimum absolute atomic E-state index is 0.185. The molecule has 0 fully saturated rings. The molecule has 5 nitrogen and oxygen atoms in total. The van der Waals surface area contributed by atoms with Crippen molar-refractivity contribution < 1.29 is 13.9 Å². The van der Waals surface area contributed by atoms with Gasteiger partial charge >= 0.3 is 0 Å². The molecule has 3 aromatic rings. The molecule has 0 aliphatic rings. The van der Waals surface area contributed by atoms with Gasteiger partial charge < -0.3 is 4.74 Å². The second-order valence-electron chi connectivity index (χ2n) is 5.52. The van der Waals surface area contributed by atoms with Crippen LogP contribution in [0.1, 0.15) is 5.56 Å². The molecule has 2 aromatic carbocycles. The predicted molar refractivity (Wildman–Crippen MR) is 104 cm³/mol. The SMILES string of the molecule is O=C(COCc1ccc(Br)cc1)N(c1ccc(F)cc1)c1cc(Cl)ncn1. The number of nitrogens with zero attached hydrogens (tertiary/aromatic N) is 3. The third kappa shape index (κ3) is 5.32. The predicted octanol–water partition coefficient (Wildman–Crippen LogP) is 4.91. The smallest absolute Gasteiger partial charge is 0.258 e. The average molecular weight is 451 g/mol. The number of hydrogen-bond acceptors (Lipinski definition) is 4. The number of benzene rings is 2. The van der Waals surface area contributed by atoms with E-state index in [1.165, 1.54) is 41.6 Å². The highest BCUT2D eigenvalue weighted by molar-refractivity contribution is 9.10. The third-order valence-electron chi connectivity index (χ3n) is 3.59. The summed E-state index contributed by atoms with van der Waals surface area (Å²) in [4.78, 5) is 22.0. The number of ether oxygens (including phenoxy) is 1. The van der Waals surface area contributed by atoms with Crippen molar-refractivity contribution in [2.75, 3.05) is 11.5 Å². The number of amides is 1. The topological polar surface area (TPSA) is 55.3 Å². The molecular weight excluding hydrogens is 437 g/mol. The van der Waals surface area contributed by atoms with Crippen LogP contribution in [0.3, 0.4) is 0 Å². The minimum Gasteiger partial charge on any atom is -0.367 e. The Labute approximate surface area is 168 Å². The molecule has 8 heteroatoms. The van der Waals surface area contributed by atoms with Gasteiger partial charge in [-0.15, -0.1) is 0 Å². The van der Waals surface area contributed by atoms with Gasteiger partial charge in [0.15, 0.2) is 0 Å². The van der Waals surface area contributed by atoms with Crippen LogP contribution in [0.25, 0.3) is 0 Å². The van der Waals surface area contributed by atoms with E-state index in [0.717, 1.165) is 10.0 Å². The molecular formula is C19H14BrClFN3O2. The fraction of sp³-hybridized carbons (Fsp3) is 0.105. The Balaban J connectivity index is 1.76. The van der Waals surface area contributed by atoms with Gasteiger partial charge in [0, 0.05) is 10.5 Å². The highest BCUT2D eigenvalue weighted by Crippen LogP contribution is 2.25. The summed E-state index contributed by atoms with van der Waals surface area (Å²) in [5.41, 5.74) is 1.38. The summed E-state index contributed by atoms with van der Waals surface area (Å²) >= 11 is 9.29. The Bertz CT molecular complexity index is 923. The molecule has 0 aliphatic heterocycles. The number of anilines is 2. The monoisotopic (exact) mass is 449 g/mol. The van der Waals surface area contributed by atoms with E-state index >= 15 is 0 Å². The van der Waals surface area contributed by atoms with Gasteiger partial charge in [-0.2, -0.15) is 0 Å². The standard InChI is InChI=1S/C19H14BrClFN3O2/c20-14-3-1-13(2-4-14)10-27-11-19(26)25(16-7-5-15(22)6-8-16)18-9-17(21)23-12-24-18/h1-9,12H,10-11H2. The van der Waals surface area contributed by atoms with Crippen LogP contribution in [-0.4, -0.2) is 22.5 Å². The Morgan fingerprint density at radius 3 is 2.48 bits per heavy atom. The van der Waals surface area contributed by atoms with Crippen LogP contribution >= 0.6 is 27.5 Å². The maximum Gasteiger partial charge on any atom is 0.258 e. The van der Waals surface area contributed by atoms with Crippen LogP contribution in [0.2, 0.25) is 5.15 Å². The molecule has 0 aliphatic carbocycles. The van der Waals surface area contributed by atoms with Gasteiger partial charge in [0.05, 0.1) is 12.3 Å². The van der Waals surface area contributed by atoms with E-state index in [4.69, 9.17) is 16.3 Å². The van der Waals surface area contributed by atoms with E-state index in [1.54, 1.807) is 0 Å². The summed E-state index contributed by atoms with van der Waals surface area (Å²) in [6, 6.07) is 14.5. The van der Waals surface area contributed by atoms with Crippen molar-refractivity contribution in [2.45, 2.75) is 6.61 Å². The first-order valence-corrected chi connectivity index (χ1v) is 9.08. The zero-order valence-electron chi connectivity index (χ0n) is 14.0. The molecule has 0 saturated heterocycles. The Kier molecular flexibility index (Phi) is 6.49. The molecule has 0 N–H and O–H groups in total. The van der Waals surface area contributed by atoms with Crippen LogP contribution in [-0.2, 0) is 16.1 Å². The van der Waals surface area contributed by atoms with E-state index in [-0.39, 0.29) is 30.1 Å². The molecule has 0 bridgehead atoms. The maximum atomic E-state index is 13.3. The molecule has 0 saturated carbocycles. The summed E-state index contributed by atoms with van der Waals surface area (Å²) < 4.78 is 19.8. The molecule has 138 valence electrons. The number of carbonyl (C=O) groups excluding carboxylic acids is 1. The highest BCUT2D eigenvalue weighted by Gasteiger charge is 2.20. The fourth-order valence-corrected chi connectivity index (χ4v) is 2.75. The van der Waals surface area contributed by atoms with E-state index in [2.05, 4.69) is 25.9 Å². The maximum absolute atomic E-state index is 13.3. The van der Waals surface area contributed by atoms with E-state index < -0.39 is 5.82 Å². The van der Waals surface area contributed by atoms with Gasteiger partial charge in [-0.3, -0.25) is 9.69 Å². The molecule has 1 aromatic heterocycles. The summed E-state index contributed by atoms with van der Waals surface area (Å²) in [7, 11) is 0. The lowest BCUT2D eigenvalue weighted by atomic mass is 10.2. The van der Waals surface area contributed by atoms with Gasteiger partial charge in [-0.1, -0.05) is 39.7 Å². The quantitative estimate of drug-likeness (QED) is 0.501. The number of carbonyl (C=O) groups is 1. The molecule has 1 heterocycles. The van der Waals surface area contributed by atoms with E-state index in [0.29, 0.717) is 5.69 Å². The molecule has 1 amide bonds. The normalized spacial score (nSPS) is 10.6. The van der Waals surface area contributed by atoms with Gasteiger partial charge in [0.1, 0.15) is 29.7 Å². The zero-order valence-corrected chi connectivity index (χ0v) is 16.3. The average Bonchev–Trinajstić information content (AvgIpc) is 2.65. The van der Waals surface area contributed by atoms with E-state index in [9.17, 15) is 9.18 Å². The summed E-state index contributed by atoms with van der Waals surface area (Å²) in [6.45, 7) is 0.0931. The number of hydrogen-bond donors (Lipinski definition) is 0. The van der Waals surface area contributed by atoms with Crippen LogP contribution in [0.15, 0.2) is 65.4 Å². The molecule has 3 rings (SSSR count). The van der Waals surface area contributed by atoms with Crippen LogP contribution in [0.4, 0.5) is 15.9 Å². The van der Waals surface area contributed by atoms with Crippen molar-refractivity contribution in [3.63, 3.8) is 0 Å². The molecule has 0 radical (unpaired) electrons. The second-order valence-corrected chi connectivity index (χ2v) is 6.83. The lowest BCUT2D eigenvalue weighted by molar-refractivity contribution is -0.122.